The minimum absolute atomic E-state index is 0. The predicted octanol–water partition coefficient (Wildman–Crippen LogP) is 0.476. The van der Waals surface area contributed by atoms with Gasteiger partial charge in [-0.15, -0.1) is 0 Å². The van der Waals surface area contributed by atoms with Gasteiger partial charge in [0, 0.05) is 0 Å². The monoisotopic (exact) mass is 300 g/mol. The molecule has 102 valence electrons. The molecule has 2 aromatic carbocycles. The summed E-state index contributed by atoms with van der Waals surface area (Å²) in [6.07, 6.45) is 0. The molecule has 2 rings (SSSR count). The molecule has 0 radical (unpaired) electrons. The van der Waals surface area contributed by atoms with Gasteiger partial charge in [0.2, 0.25) is 0 Å². The van der Waals surface area contributed by atoms with Crippen LogP contribution in [0.1, 0.15) is 31.6 Å². The fourth-order valence-electron chi connectivity index (χ4n) is 2.53. The van der Waals surface area contributed by atoms with Gasteiger partial charge in [0.05, 0.1) is 5.25 Å². The van der Waals surface area contributed by atoms with Crippen molar-refractivity contribution in [1.29, 1.82) is 0 Å². The van der Waals surface area contributed by atoms with E-state index in [1.807, 2.05) is 30.3 Å². The SMILES string of the molecule is CC(C)(C)C(c1cccc2ccccc12)S(=O)(=O)[O-].[Na+]. The summed E-state index contributed by atoms with van der Waals surface area (Å²) < 4.78 is 35.0. The molecule has 0 saturated heterocycles. The summed E-state index contributed by atoms with van der Waals surface area (Å²) in [5.41, 5.74) is -0.0642. The molecule has 0 aliphatic carbocycles. The van der Waals surface area contributed by atoms with E-state index < -0.39 is 20.8 Å². The normalized spacial score (nSPS) is 13.8. The zero-order valence-electron chi connectivity index (χ0n) is 12.3. The first-order valence-electron chi connectivity index (χ1n) is 6.13. The van der Waals surface area contributed by atoms with Crippen LogP contribution in [0.2, 0.25) is 0 Å². The summed E-state index contributed by atoms with van der Waals surface area (Å²) in [5, 5.41) is 0.716. The standard InChI is InChI=1S/C15H18O3S.Na/c1-15(2,3)14(19(16,17)18)13-10-6-8-11-7-4-5-9-12(11)13;/h4-10,14H,1-3H3,(H,16,17,18);/q;+1/p-1. The largest absolute Gasteiger partial charge is 1.00 e. The average molecular weight is 300 g/mol. The Hall–Kier alpha value is -0.390. The van der Waals surface area contributed by atoms with Crippen LogP contribution in [0.4, 0.5) is 0 Å². The molecule has 5 heteroatoms. The molecule has 0 N–H and O–H groups in total. The zero-order valence-corrected chi connectivity index (χ0v) is 15.1. The van der Waals surface area contributed by atoms with E-state index in [4.69, 9.17) is 0 Å². The van der Waals surface area contributed by atoms with Gasteiger partial charge in [-0.05, 0) is 21.8 Å². The van der Waals surface area contributed by atoms with E-state index in [2.05, 4.69) is 0 Å². The third-order valence-corrected chi connectivity index (χ3v) is 4.72. The fraction of sp³-hybridized carbons (Fsp3) is 0.333. The van der Waals surface area contributed by atoms with Crippen LogP contribution < -0.4 is 29.6 Å². The van der Waals surface area contributed by atoms with Crippen molar-refractivity contribution in [2.24, 2.45) is 5.41 Å². The number of benzene rings is 2. The van der Waals surface area contributed by atoms with Gasteiger partial charge in [0.15, 0.2) is 0 Å². The van der Waals surface area contributed by atoms with Crippen LogP contribution in [0.15, 0.2) is 42.5 Å². The second-order valence-electron chi connectivity index (χ2n) is 5.81. The fourth-order valence-corrected chi connectivity index (χ4v) is 3.92. The number of hydrogen-bond donors (Lipinski definition) is 0. The first-order valence-corrected chi connectivity index (χ1v) is 7.61. The maximum Gasteiger partial charge on any atom is 1.00 e. The molecule has 0 aliphatic rings. The Morgan fingerprint density at radius 2 is 1.55 bits per heavy atom. The van der Waals surface area contributed by atoms with Gasteiger partial charge >= 0.3 is 29.6 Å². The first kappa shape index (κ1) is 17.7. The van der Waals surface area contributed by atoms with Crippen molar-refractivity contribution in [2.45, 2.75) is 26.0 Å². The number of hydrogen-bond acceptors (Lipinski definition) is 3. The minimum atomic E-state index is -4.42. The van der Waals surface area contributed by atoms with E-state index in [-0.39, 0.29) is 29.6 Å². The van der Waals surface area contributed by atoms with Gasteiger partial charge in [0.1, 0.15) is 10.1 Å². The van der Waals surface area contributed by atoms with Gasteiger partial charge in [-0.2, -0.15) is 0 Å². The summed E-state index contributed by atoms with van der Waals surface area (Å²) in [4.78, 5) is 0. The summed E-state index contributed by atoms with van der Waals surface area (Å²) in [6, 6.07) is 12.9. The van der Waals surface area contributed by atoms with Crippen LogP contribution in [-0.4, -0.2) is 13.0 Å². The van der Waals surface area contributed by atoms with E-state index in [9.17, 15) is 13.0 Å². The van der Waals surface area contributed by atoms with Crippen molar-refractivity contribution in [2.75, 3.05) is 0 Å². The van der Waals surface area contributed by atoms with E-state index in [1.165, 1.54) is 0 Å². The van der Waals surface area contributed by atoms with E-state index in [0.717, 1.165) is 10.8 Å². The number of fused-ring (bicyclic) bond motifs is 1. The van der Waals surface area contributed by atoms with Gasteiger partial charge in [-0.1, -0.05) is 63.2 Å². The molecule has 0 aromatic heterocycles. The van der Waals surface area contributed by atoms with Crippen molar-refractivity contribution in [1.82, 2.24) is 0 Å². The van der Waals surface area contributed by atoms with Crippen LogP contribution in [0.3, 0.4) is 0 Å². The smallest absolute Gasteiger partial charge is 0.747 e. The van der Waals surface area contributed by atoms with Crippen molar-refractivity contribution >= 4 is 20.9 Å². The summed E-state index contributed by atoms with van der Waals surface area (Å²) in [6.45, 7) is 5.32. The Balaban J connectivity index is 0.00000200. The van der Waals surface area contributed by atoms with Crippen molar-refractivity contribution < 1.29 is 42.5 Å². The molecule has 0 saturated carbocycles. The molecule has 0 amide bonds. The second kappa shape index (κ2) is 6.16. The zero-order chi connectivity index (χ0) is 14.3. The third-order valence-electron chi connectivity index (χ3n) is 3.18. The molecular weight excluding hydrogens is 283 g/mol. The maximum atomic E-state index is 11.7. The van der Waals surface area contributed by atoms with Gasteiger partial charge in [-0.3, -0.25) is 0 Å². The quantitative estimate of drug-likeness (QED) is 0.599. The Labute approximate surface area is 142 Å². The first-order chi connectivity index (χ1) is 8.71. The predicted molar refractivity (Wildman–Crippen MR) is 75.8 cm³/mol. The van der Waals surface area contributed by atoms with Crippen molar-refractivity contribution in [3.8, 4) is 0 Å². The molecule has 1 atom stereocenters. The average Bonchev–Trinajstić information content (AvgIpc) is 2.25. The number of rotatable bonds is 2. The van der Waals surface area contributed by atoms with Gasteiger partial charge in [0.25, 0.3) is 0 Å². The topological polar surface area (TPSA) is 57.2 Å². The molecule has 0 spiro atoms. The van der Waals surface area contributed by atoms with Crippen LogP contribution in [-0.2, 0) is 10.1 Å². The van der Waals surface area contributed by atoms with Crippen LogP contribution in [0, 0.1) is 5.41 Å². The Bertz CT molecular complexity index is 697. The molecule has 1 unspecified atom stereocenters. The van der Waals surface area contributed by atoms with Crippen molar-refractivity contribution in [3.63, 3.8) is 0 Å². The van der Waals surface area contributed by atoms with E-state index in [1.54, 1.807) is 32.9 Å². The molecule has 0 fully saturated rings. The molecule has 0 bridgehead atoms. The summed E-state index contributed by atoms with van der Waals surface area (Å²) >= 11 is 0. The van der Waals surface area contributed by atoms with Crippen molar-refractivity contribution in [3.05, 3.63) is 48.0 Å². The Kier molecular flexibility index (Phi) is 5.44. The summed E-state index contributed by atoms with van der Waals surface area (Å²) in [7, 11) is -4.42. The Morgan fingerprint density at radius 1 is 1.00 bits per heavy atom. The van der Waals surface area contributed by atoms with Crippen LogP contribution in [0.5, 0.6) is 0 Å². The molecule has 2 aromatic rings. The Morgan fingerprint density at radius 3 is 2.10 bits per heavy atom. The van der Waals surface area contributed by atoms with E-state index >= 15 is 0 Å². The second-order valence-corrected chi connectivity index (χ2v) is 7.26. The molecular formula is C15H17NaO3S. The van der Waals surface area contributed by atoms with E-state index in [0.29, 0.717) is 5.56 Å². The molecule has 0 heterocycles. The van der Waals surface area contributed by atoms with Crippen LogP contribution in [0.25, 0.3) is 10.8 Å². The molecule has 3 nitrogen and oxygen atoms in total. The van der Waals surface area contributed by atoms with Crippen LogP contribution >= 0.6 is 0 Å². The summed E-state index contributed by atoms with van der Waals surface area (Å²) in [5.74, 6) is 0. The molecule has 0 aliphatic heterocycles. The van der Waals surface area contributed by atoms with Gasteiger partial charge in [-0.25, -0.2) is 8.42 Å². The molecule has 20 heavy (non-hydrogen) atoms. The third kappa shape index (κ3) is 3.62. The van der Waals surface area contributed by atoms with Gasteiger partial charge < -0.3 is 4.55 Å². The minimum Gasteiger partial charge on any atom is -0.747 e. The maximum absolute atomic E-state index is 11.7.